The van der Waals surface area contributed by atoms with Crippen molar-refractivity contribution in [3.8, 4) is 0 Å². The standard InChI is InChI=1S/C11H10BrN3O2S/c1-6-3-13-9(18-6)5-15-10-8(11(16)17)2-7(12)4-14-10/h2-4H,5H2,1H3,(H,14,15)(H,16,17). The number of halogens is 1. The van der Waals surface area contributed by atoms with Crippen LogP contribution in [0.15, 0.2) is 22.9 Å². The first kappa shape index (κ1) is 13.0. The van der Waals surface area contributed by atoms with E-state index in [2.05, 4.69) is 31.2 Å². The lowest BCUT2D eigenvalue weighted by molar-refractivity contribution is 0.0697. The average molecular weight is 328 g/mol. The summed E-state index contributed by atoms with van der Waals surface area (Å²) in [5.41, 5.74) is 0.137. The summed E-state index contributed by atoms with van der Waals surface area (Å²) in [5, 5.41) is 13.0. The SMILES string of the molecule is Cc1cnc(CNc2ncc(Br)cc2C(=O)O)s1. The lowest BCUT2D eigenvalue weighted by Gasteiger charge is -2.07. The summed E-state index contributed by atoms with van der Waals surface area (Å²) in [6.07, 6.45) is 3.34. The fourth-order valence-electron chi connectivity index (χ4n) is 1.39. The Kier molecular flexibility index (Phi) is 3.93. The fourth-order valence-corrected chi connectivity index (χ4v) is 2.44. The van der Waals surface area contributed by atoms with Crippen molar-refractivity contribution in [2.45, 2.75) is 13.5 Å². The third-order valence-corrected chi connectivity index (χ3v) is 3.51. The largest absolute Gasteiger partial charge is 0.478 e. The van der Waals surface area contributed by atoms with Gasteiger partial charge in [-0.3, -0.25) is 0 Å². The number of pyridine rings is 1. The summed E-state index contributed by atoms with van der Waals surface area (Å²) in [4.78, 5) is 20.4. The molecule has 0 aliphatic rings. The minimum absolute atomic E-state index is 0.137. The summed E-state index contributed by atoms with van der Waals surface area (Å²) in [5.74, 6) is -0.667. The van der Waals surface area contributed by atoms with Crippen LogP contribution in [0.5, 0.6) is 0 Å². The number of nitrogens with zero attached hydrogens (tertiary/aromatic N) is 2. The molecule has 0 spiro atoms. The molecule has 0 amide bonds. The quantitative estimate of drug-likeness (QED) is 0.903. The summed E-state index contributed by atoms with van der Waals surface area (Å²) in [6.45, 7) is 2.44. The molecule has 5 nitrogen and oxygen atoms in total. The molecule has 18 heavy (non-hydrogen) atoms. The van der Waals surface area contributed by atoms with E-state index in [1.54, 1.807) is 23.7 Å². The first-order valence-corrected chi connectivity index (χ1v) is 6.71. The number of hydrogen-bond donors (Lipinski definition) is 2. The Hall–Kier alpha value is -1.47. The molecule has 0 atom stereocenters. The Morgan fingerprint density at radius 1 is 1.50 bits per heavy atom. The van der Waals surface area contributed by atoms with E-state index in [1.165, 1.54) is 6.07 Å². The first-order valence-electron chi connectivity index (χ1n) is 5.10. The summed E-state index contributed by atoms with van der Waals surface area (Å²) in [6, 6.07) is 1.52. The number of nitrogens with one attached hydrogen (secondary N) is 1. The first-order chi connectivity index (χ1) is 8.56. The van der Waals surface area contributed by atoms with Gasteiger partial charge < -0.3 is 10.4 Å². The van der Waals surface area contributed by atoms with Gasteiger partial charge in [0, 0.05) is 21.7 Å². The molecular formula is C11H10BrN3O2S. The van der Waals surface area contributed by atoms with Crippen LogP contribution in [-0.2, 0) is 6.54 Å². The van der Waals surface area contributed by atoms with Crippen LogP contribution in [0.2, 0.25) is 0 Å². The predicted molar refractivity (Wildman–Crippen MR) is 73.1 cm³/mol. The van der Waals surface area contributed by atoms with Crippen LogP contribution in [0.1, 0.15) is 20.2 Å². The molecule has 0 bridgehead atoms. The third kappa shape index (κ3) is 3.05. The van der Waals surface area contributed by atoms with Crippen molar-refractivity contribution in [2.75, 3.05) is 5.32 Å². The van der Waals surface area contributed by atoms with E-state index in [9.17, 15) is 4.79 Å². The van der Waals surface area contributed by atoms with Gasteiger partial charge in [0.15, 0.2) is 0 Å². The second-order valence-corrected chi connectivity index (χ2v) is 5.81. The maximum atomic E-state index is 11.1. The molecule has 0 fully saturated rings. The van der Waals surface area contributed by atoms with Gasteiger partial charge in [-0.2, -0.15) is 0 Å². The number of aromatic nitrogens is 2. The molecule has 94 valence electrons. The number of aromatic carboxylic acids is 1. The van der Waals surface area contributed by atoms with Gasteiger partial charge in [0.1, 0.15) is 16.4 Å². The van der Waals surface area contributed by atoms with Crippen LogP contribution in [0.25, 0.3) is 0 Å². The Labute approximate surface area is 116 Å². The minimum atomic E-state index is -1.01. The number of thiazole rings is 1. The van der Waals surface area contributed by atoms with Crippen molar-refractivity contribution in [1.29, 1.82) is 0 Å². The zero-order chi connectivity index (χ0) is 13.1. The number of hydrogen-bond acceptors (Lipinski definition) is 5. The highest BCUT2D eigenvalue weighted by molar-refractivity contribution is 9.10. The highest BCUT2D eigenvalue weighted by atomic mass is 79.9. The molecule has 0 aromatic carbocycles. The Morgan fingerprint density at radius 3 is 2.89 bits per heavy atom. The van der Waals surface area contributed by atoms with E-state index in [-0.39, 0.29) is 5.56 Å². The Morgan fingerprint density at radius 2 is 2.28 bits per heavy atom. The van der Waals surface area contributed by atoms with Crippen molar-refractivity contribution < 1.29 is 9.90 Å². The molecule has 2 rings (SSSR count). The van der Waals surface area contributed by atoms with Crippen LogP contribution in [0.4, 0.5) is 5.82 Å². The van der Waals surface area contributed by atoms with Gasteiger partial charge in [0.2, 0.25) is 0 Å². The maximum absolute atomic E-state index is 11.1. The third-order valence-electron chi connectivity index (χ3n) is 2.16. The second-order valence-electron chi connectivity index (χ2n) is 3.57. The van der Waals surface area contributed by atoms with Crippen LogP contribution < -0.4 is 5.32 Å². The predicted octanol–water partition coefficient (Wildman–Crippen LogP) is 2.92. The van der Waals surface area contributed by atoms with Crippen LogP contribution in [0.3, 0.4) is 0 Å². The van der Waals surface area contributed by atoms with Crippen molar-refractivity contribution >= 4 is 39.1 Å². The molecule has 0 unspecified atom stereocenters. The van der Waals surface area contributed by atoms with E-state index in [1.807, 2.05) is 6.92 Å². The number of carbonyl (C=O) groups is 1. The van der Waals surface area contributed by atoms with Gasteiger partial charge in [-0.1, -0.05) is 0 Å². The van der Waals surface area contributed by atoms with Crippen LogP contribution >= 0.6 is 27.3 Å². The van der Waals surface area contributed by atoms with Crippen molar-refractivity contribution in [2.24, 2.45) is 0 Å². The lowest BCUT2D eigenvalue weighted by atomic mass is 10.2. The highest BCUT2D eigenvalue weighted by Crippen LogP contribution is 2.19. The van der Waals surface area contributed by atoms with Gasteiger partial charge in [-0.25, -0.2) is 14.8 Å². The summed E-state index contributed by atoms with van der Waals surface area (Å²) < 4.78 is 0.635. The van der Waals surface area contributed by atoms with Crippen LogP contribution in [-0.4, -0.2) is 21.0 Å². The number of rotatable bonds is 4. The number of aryl methyl sites for hydroxylation is 1. The molecule has 0 aliphatic heterocycles. The molecule has 0 aliphatic carbocycles. The Bertz CT molecular complexity index is 585. The Balaban J connectivity index is 2.16. The molecule has 2 aromatic rings. The molecule has 0 saturated heterocycles. The number of anilines is 1. The summed E-state index contributed by atoms with van der Waals surface area (Å²) in [7, 11) is 0. The highest BCUT2D eigenvalue weighted by Gasteiger charge is 2.12. The van der Waals surface area contributed by atoms with E-state index in [4.69, 9.17) is 5.11 Å². The van der Waals surface area contributed by atoms with Gasteiger partial charge >= 0.3 is 5.97 Å². The minimum Gasteiger partial charge on any atom is -0.478 e. The monoisotopic (exact) mass is 327 g/mol. The van der Waals surface area contributed by atoms with E-state index in [0.29, 0.717) is 16.8 Å². The zero-order valence-corrected chi connectivity index (χ0v) is 11.9. The number of carboxylic acid groups (broad SMARTS) is 1. The van der Waals surface area contributed by atoms with E-state index < -0.39 is 5.97 Å². The maximum Gasteiger partial charge on any atom is 0.339 e. The molecule has 2 heterocycles. The van der Waals surface area contributed by atoms with Crippen LogP contribution in [0, 0.1) is 6.92 Å². The van der Waals surface area contributed by atoms with E-state index in [0.717, 1.165) is 9.88 Å². The summed E-state index contributed by atoms with van der Waals surface area (Å²) >= 11 is 4.77. The average Bonchev–Trinajstić information content (AvgIpc) is 2.73. The van der Waals surface area contributed by atoms with Gasteiger partial charge in [-0.15, -0.1) is 11.3 Å². The lowest BCUT2D eigenvalue weighted by Crippen LogP contribution is -2.08. The molecular weight excluding hydrogens is 318 g/mol. The van der Waals surface area contributed by atoms with Crippen molar-refractivity contribution in [3.05, 3.63) is 38.4 Å². The molecule has 2 aromatic heterocycles. The molecule has 7 heteroatoms. The topological polar surface area (TPSA) is 75.1 Å². The van der Waals surface area contributed by atoms with E-state index >= 15 is 0 Å². The van der Waals surface area contributed by atoms with Crippen molar-refractivity contribution in [1.82, 2.24) is 9.97 Å². The van der Waals surface area contributed by atoms with Crippen molar-refractivity contribution in [3.63, 3.8) is 0 Å². The fraction of sp³-hybridized carbons (Fsp3) is 0.182. The van der Waals surface area contributed by atoms with Gasteiger partial charge in [0.05, 0.1) is 6.54 Å². The second kappa shape index (κ2) is 5.45. The van der Waals surface area contributed by atoms with Gasteiger partial charge in [0.25, 0.3) is 0 Å². The number of carboxylic acids is 1. The molecule has 0 saturated carbocycles. The van der Waals surface area contributed by atoms with Gasteiger partial charge in [-0.05, 0) is 28.9 Å². The smallest absolute Gasteiger partial charge is 0.339 e. The zero-order valence-electron chi connectivity index (χ0n) is 9.48. The molecule has 2 N–H and O–H groups in total. The normalized spacial score (nSPS) is 10.3. The molecule has 0 radical (unpaired) electrons.